The molecule has 1 unspecified atom stereocenters. The first kappa shape index (κ1) is 32.4. The highest BCUT2D eigenvalue weighted by Crippen LogP contribution is 2.23. The maximum Gasteiger partial charge on any atom is 0.244 e. The predicted molar refractivity (Wildman–Crippen MR) is 172 cm³/mol. The zero-order chi connectivity index (χ0) is 31.0. The Morgan fingerprint density at radius 1 is 0.907 bits per heavy atom. The second kappa shape index (κ2) is 14.8. The Morgan fingerprint density at radius 2 is 1.58 bits per heavy atom. The van der Waals surface area contributed by atoms with Crippen LogP contribution in [0.5, 0.6) is 0 Å². The van der Waals surface area contributed by atoms with Gasteiger partial charge in [0, 0.05) is 29.0 Å². The molecule has 1 aliphatic carbocycles. The molecule has 1 N–H and O–H groups in total. The van der Waals surface area contributed by atoms with E-state index in [1.165, 1.54) is 17.9 Å². The number of nitrogens with one attached hydrogen (secondary N) is 1. The third kappa shape index (κ3) is 9.24. The Morgan fingerprint density at radius 3 is 2.21 bits per heavy atom. The summed E-state index contributed by atoms with van der Waals surface area (Å²) in [6.07, 6.45) is 6.28. The van der Waals surface area contributed by atoms with Gasteiger partial charge in [0.2, 0.25) is 21.8 Å². The summed E-state index contributed by atoms with van der Waals surface area (Å²) in [5.74, 6) is -1.01. The van der Waals surface area contributed by atoms with E-state index in [0.29, 0.717) is 5.56 Å². The Kier molecular flexibility index (Phi) is 11.2. The van der Waals surface area contributed by atoms with E-state index in [1.807, 2.05) is 54.6 Å². The average Bonchev–Trinajstić information content (AvgIpc) is 2.99. The van der Waals surface area contributed by atoms with Crippen LogP contribution in [0, 0.1) is 0 Å². The van der Waals surface area contributed by atoms with Gasteiger partial charge in [-0.15, -0.1) is 0 Å². The van der Waals surface area contributed by atoms with Crippen LogP contribution < -0.4 is 9.62 Å². The van der Waals surface area contributed by atoms with Gasteiger partial charge in [-0.2, -0.15) is 0 Å². The predicted octanol–water partition coefficient (Wildman–Crippen LogP) is 5.51. The summed E-state index contributed by atoms with van der Waals surface area (Å²) < 4.78 is 27.9. The molecule has 1 aliphatic rings. The molecule has 4 rings (SSSR count). The quantitative estimate of drug-likeness (QED) is 0.257. The fraction of sp³-hybridized carbons (Fsp3) is 0.364. The fourth-order valence-corrected chi connectivity index (χ4v) is 6.48. The number of sulfonamides is 1. The highest BCUT2D eigenvalue weighted by atomic mass is 79.9. The van der Waals surface area contributed by atoms with Crippen molar-refractivity contribution in [3.63, 3.8) is 0 Å². The van der Waals surface area contributed by atoms with E-state index in [-0.39, 0.29) is 36.4 Å². The SMILES string of the molecule is CC(=O)c1cccc(N(CC(=O)N(Cc2ccc(Br)cc2)C(Cc2ccccc2)C(=O)NC2CCCCC2)S(C)(=O)=O)c1. The van der Waals surface area contributed by atoms with Crippen molar-refractivity contribution in [2.45, 2.75) is 64.1 Å². The Hall–Kier alpha value is -3.50. The highest BCUT2D eigenvalue weighted by molar-refractivity contribution is 9.10. The highest BCUT2D eigenvalue weighted by Gasteiger charge is 2.34. The molecule has 0 spiro atoms. The van der Waals surface area contributed by atoms with Gasteiger partial charge in [0.05, 0.1) is 11.9 Å². The van der Waals surface area contributed by atoms with E-state index >= 15 is 0 Å². The molecule has 1 saturated carbocycles. The lowest BCUT2D eigenvalue weighted by molar-refractivity contribution is -0.140. The lowest BCUT2D eigenvalue weighted by Crippen LogP contribution is -2.55. The van der Waals surface area contributed by atoms with Crippen LogP contribution in [0.1, 0.15) is 60.5 Å². The normalized spacial score (nSPS) is 14.5. The third-order valence-electron chi connectivity index (χ3n) is 7.71. The topological polar surface area (TPSA) is 104 Å². The number of hydrogen-bond donors (Lipinski definition) is 1. The minimum atomic E-state index is -3.93. The Bertz CT molecular complexity index is 1520. The van der Waals surface area contributed by atoms with Crippen molar-refractivity contribution >= 4 is 49.2 Å². The fourth-order valence-electron chi connectivity index (χ4n) is 5.38. The number of rotatable bonds is 12. The number of ketones is 1. The largest absolute Gasteiger partial charge is 0.352 e. The maximum absolute atomic E-state index is 14.3. The van der Waals surface area contributed by atoms with Crippen LogP contribution in [0.15, 0.2) is 83.3 Å². The van der Waals surface area contributed by atoms with Crippen molar-refractivity contribution in [1.82, 2.24) is 10.2 Å². The standard InChI is InChI=1S/C33H38BrN3O5S/c1-24(38)27-12-9-15-30(21-27)37(43(2,41)42)23-32(39)36(22-26-16-18-28(34)19-17-26)31(20-25-10-5-3-6-11-25)33(40)35-29-13-7-4-8-14-29/h3,5-6,9-12,15-19,21,29,31H,4,7-8,13-14,20,22-23H2,1-2H3,(H,35,40). The van der Waals surface area contributed by atoms with Gasteiger partial charge < -0.3 is 10.2 Å². The molecular formula is C33H38BrN3O5S. The molecule has 3 aromatic rings. The van der Waals surface area contributed by atoms with Crippen molar-refractivity contribution in [2.24, 2.45) is 0 Å². The maximum atomic E-state index is 14.3. The first-order valence-electron chi connectivity index (χ1n) is 14.5. The van der Waals surface area contributed by atoms with Gasteiger partial charge in [-0.3, -0.25) is 18.7 Å². The first-order chi connectivity index (χ1) is 20.5. The van der Waals surface area contributed by atoms with Crippen LogP contribution in [0.2, 0.25) is 0 Å². The summed E-state index contributed by atoms with van der Waals surface area (Å²) in [5, 5.41) is 3.19. The van der Waals surface area contributed by atoms with Gasteiger partial charge in [-0.1, -0.05) is 89.8 Å². The minimum Gasteiger partial charge on any atom is -0.352 e. The van der Waals surface area contributed by atoms with Crippen molar-refractivity contribution in [2.75, 3.05) is 17.1 Å². The number of carbonyl (C=O) groups excluding carboxylic acids is 3. The van der Waals surface area contributed by atoms with Gasteiger partial charge >= 0.3 is 0 Å². The van der Waals surface area contributed by atoms with Crippen LogP contribution >= 0.6 is 15.9 Å². The number of benzene rings is 3. The smallest absolute Gasteiger partial charge is 0.244 e. The molecule has 0 aliphatic heterocycles. The Balaban J connectivity index is 1.73. The van der Waals surface area contributed by atoms with Crippen LogP contribution in [0.4, 0.5) is 5.69 Å². The first-order valence-corrected chi connectivity index (χ1v) is 17.1. The van der Waals surface area contributed by atoms with Crippen LogP contribution in [-0.2, 0) is 32.6 Å². The van der Waals surface area contributed by atoms with Gasteiger partial charge in [0.15, 0.2) is 5.78 Å². The molecule has 8 nitrogen and oxygen atoms in total. The summed E-state index contributed by atoms with van der Waals surface area (Å²) in [6, 6.07) is 22.3. The number of nitrogens with zero attached hydrogens (tertiary/aromatic N) is 2. The van der Waals surface area contributed by atoms with Crippen LogP contribution in [0.3, 0.4) is 0 Å². The molecule has 2 amide bonds. The molecule has 3 aromatic carbocycles. The van der Waals surface area contributed by atoms with Gasteiger partial charge in [0.25, 0.3) is 0 Å². The summed E-state index contributed by atoms with van der Waals surface area (Å²) in [4.78, 5) is 41.8. The van der Waals surface area contributed by atoms with Gasteiger partial charge in [-0.25, -0.2) is 8.42 Å². The van der Waals surface area contributed by atoms with Crippen LogP contribution in [-0.4, -0.2) is 55.8 Å². The van der Waals surface area contributed by atoms with E-state index in [0.717, 1.165) is 58.3 Å². The number of anilines is 1. The Labute approximate surface area is 262 Å². The van der Waals surface area contributed by atoms with E-state index in [4.69, 9.17) is 0 Å². The molecule has 0 radical (unpaired) electrons. The molecule has 10 heteroatoms. The van der Waals surface area contributed by atoms with E-state index < -0.39 is 28.5 Å². The second-order valence-electron chi connectivity index (χ2n) is 11.1. The zero-order valence-electron chi connectivity index (χ0n) is 24.5. The number of Topliss-reactive ketones (excluding diaryl/α,β-unsaturated/α-hetero) is 1. The van der Waals surface area contributed by atoms with Crippen molar-refractivity contribution in [1.29, 1.82) is 0 Å². The average molecular weight is 669 g/mol. The van der Waals surface area contributed by atoms with E-state index in [9.17, 15) is 22.8 Å². The van der Waals surface area contributed by atoms with Crippen molar-refractivity contribution in [3.8, 4) is 0 Å². The van der Waals surface area contributed by atoms with Crippen molar-refractivity contribution in [3.05, 3.63) is 100 Å². The lowest BCUT2D eigenvalue weighted by atomic mass is 9.94. The summed E-state index contributed by atoms with van der Waals surface area (Å²) >= 11 is 3.45. The van der Waals surface area contributed by atoms with E-state index in [2.05, 4.69) is 21.2 Å². The number of carbonyl (C=O) groups is 3. The molecule has 0 saturated heterocycles. The molecule has 43 heavy (non-hydrogen) atoms. The zero-order valence-corrected chi connectivity index (χ0v) is 26.9. The van der Waals surface area contributed by atoms with Crippen LogP contribution in [0.25, 0.3) is 0 Å². The molecule has 0 bridgehead atoms. The summed E-state index contributed by atoms with van der Waals surface area (Å²) in [7, 11) is -3.93. The summed E-state index contributed by atoms with van der Waals surface area (Å²) in [6.45, 7) is 0.972. The summed E-state index contributed by atoms with van der Waals surface area (Å²) in [5.41, 5.74) is 2.22. The molecule has 0 heterocycles. The molecular weight excluding hydrogens is 630 g/mol. The van der Waals surface area contributed by atoms with E-state index in [1.54, 1.807) is 18.2 Å². The minimum absolute atomic E-state index is 0.0333. The number of hydrogen-bond acceptors (Lipinski definition) is 5. The van der Waals surface area contributed by atoms with Gasteiger partial charge in [0.1, 0.15) is 12.6 Å². The number of halogens is 1. The molecule has 1 fully saturated rings. The third-order valence-corrected chi connectivity index (χ3v) is 9.38. The molecule has 228 valence electrons. The second-order valence-corrected chi connectivity index (χ2v) is 13.9. The molecule has 1 atom stereocenters. The molecule has 0 aromatic heterocycles. The van der Waals surface area contributed by atoms with Crippen molar-refractivity contribution < 1.29 is 22.8 Å². The monoisotopic (exact) mass is 667 g/mol. The van der Waals surface area contributed by atoms with Gasteiger partial charge in [-0.05, 0) is 55.2 Å². The lowest BCUT2D eigenvalue weighted by Gasteiger charge is -2.35. The number of amides is 2.